The van der Waals surface area contributed by atoms with E-state index in [2.05, 4.69) is 15.2 Å². The minimum absolute atomic E-state index is 0.259. The van der Waals surface area contributed by atoms with E-state index in [0.717, 1.165) is 11.1 Å². The molecule has 0 saturated heterocycles. The number of nitrogens with one attached hydrogen (secondary N) is 1. The Hall–Kier alpha value is -3.43. The smallest absolute Gasteiger partial charge is 0.336 e. The summed E-state index contributed by atoms with van der Waals surface area (Å²) in [5.41, 5.74) is 2.01. The van der Waals surface area contributed by atoms with Gasteiger partial charge in [-0.15, -0.1) is 0 Å². The highest BCUT2D eigenvalue weighted by atomic mass is 17.2. The van der Waals surface area contributed by atoms with Crippen LogP contribution < -0.4 is 10.2 Å². The van der Waals surface area contributed by atoms with Gasteiger partial charge in [-0.1, -0.05) is 18.2 Å². The SMILES string of the molecule is COC(=O)C1=C(C)NC(C)C(CCN(C)Cc2ccncc2)(C(=O)O)C1c1cccc2c1OOC2. The summed E-state index contributed by atoms with van der Waals surface area (Å²) in [6.07, 6.45) is 3.75. The molecule has 9 heteroatoms. The van der Waals surface area contributed by atoms with E-state index >= 15 is 0 Å². The Bertz CT molecular complexity index is 1140. The molecule has 0 fully saturated rings. The number of nitrogens with zero attached hydrogens (tertiary/aromatic N) is 2. The van der Waals surface area contributed by atoms with Crippen LogP contribution >= 0.6 is 0 Å². The van der Waals surface area contributed by atoms with Crippen molar-refractivity contribution in [1.82, 2.24) is 15.2 Å². The van der Waals surface area contributed by atoms with Crippen molar-refractivity contribution < 1.29 is 29.2 Å². The minimum atomic E-state index is -1.36. The number of ether oxygens (including phenoxy) is 1. The molecule has 35 heavy (non-hydrogen) atoms. The Morgan fingerprint density at radius 1 is 1.29 bits per heavy atom. The number of aromatic nitrogens is 1. The number of allylic oxidation sites excluding steroid dienone is 1. The van der Waals surface area contributed by atoms with E-state index in [9.17, 15) is 14.7 Å². The first-order chi connectivity index (χ1) is 16.8. The van der Waals surface area contributed by atoms with Gasteiger partial charge in [0.1, 0.15) is 12.0 Å². The van der Waals surface area contributed by atoms with E-state index in [4.69, 9.17) is 14.5 Å². The summed E-state index contributed by atoms with van der Waals surface area (Å²) in [5.74, 6) is -1.91. The molecule has 1 aromatic heterocycles. The molecule has 0 amide bonds. The van der Waals surface area contributed by atoms with E-state index in [1.165, 1.54) is 7.11 Å². The monoisotopic (exact) mass is 481 g/mol. The average Bonchev–Trinajstić information content (AvgIpc) is 3.32. The Morgan fingerprint density at radius 3 is 2.71 bits per heavy atom. The third-order valence-electron chi connectivity index (χ3n) is 7.12. The number of aliphatic carboxylic acids is 1. The number of carbonyl (C=O) groups is 2. The van der Waals surface area contributed by atoms with Gasteiger partial charge >= 0.3 is 11.9 Å². The van der Waals surface area contributed by atoms with Crippen LogP contribution in [-0.4, -0.2) is 53.7 Å². The topological polar surface area (TPSA) is 110 Å². The molecule has 2 aliphatic heterocycles. The number of fused-ring (bicyclic) bond motifs is 1. The van der Waals surface area contributed by atoms with Crippen LogP contribution in [0.15, 0.2) is 54.0 Å². The van der Waals surface area contributed by atoms with E-state index in [1.54, 1.807) is 19.3 Å². The summed E-state index contributed by atoms with van der Waals surface area (Å²) >= 11 is 0. The van der Waals surface area contributed by atoms with Gasteiger partial charge in [0, 0.05) is 47.7 Å². The molecule has 2 aromatic rings. The maximum absolute atomic E-state index is 13.2. The van der Waals surface area contributed by atoms with Crippen molar-refractivity contribution >= 4 is 11.9 Å². The predicted octanol–water partition coefficient (Wildman–Crippen LogP) is 3.02. The molecule has 0 bridgehead atoms. The number of methoxy groups -OCH3 is 1. The first-order valence-corrected chi connectivity index (χ1v) is 11.6. The van der Waals surface area contributed by atoms with Crippen molar-refractivity contribution in [3.8, 4) is 5.75 Å². The lowest BCUT2D eigenvalue weighted by Gasteiger charge is -2.47. The second-order valence-corrected chi connectivity index (χ2v) is 9.20. The summed E-state index contributed by atoms with van der Waals surface area (Å²) in [6.45, 7) is 5.01. The van der Waals surface area contributed by atoms with Crippen LogP contribution in [0.1, 0.15) is 42.9 Å². The fraction of sp³-hybridized carbons (Fsp3) is 0.423. The second-order valence-electron chi connectivity index (χ2n) is 9.20. The van der Waals surface area contributed by atoms with Crippen molar-refractivity contribution in [3.05, 3.63) is 70.7 Å². The maximum atomic E-state index is 13.2. The molecule has 4 rings (SSSR count). The highest BCUT2D eigenvalue weighted by Crippen LogP contribution is 2.53. The van der Waals surface area contributed by atoms with Crippen LogP contribution in [0.5, 0.6) is 5.75 Å². The molecule has 3 heterocycles. The molecular weight excluding hydrogens is 450 g/mol. The zero-order chi connectivity index (χ0) is 25.2. The highest BCUT2D eigenvalue weighted by Gasteiger charge is 2.57. The molecule has 0 saturated carbocycles. The van der Waals surface area contributed by atoms with Crippen molar-refractivity contribution in [3.63, 3.8) is 0 Å². The van der Waals surface area contributed by atoms with Crippen LogP contribution in [-0.2, 0) is 32.4 Å². The molecule has 2 aliphatic rings. The average molecular weight is 482 g/mol. The minimum Gasteiger partial charge on any atom is -0.481 e. The fourth-order valence-corrected chi connectivity index (χ4v) is 5.30. The lowest BCUT2D eigenvalue weighted by molar-refractivity contribution is -0.195. The van der Waals surface area contributed by atoms with E-state index in [0.29, 0.717) is 30.1 Å². The molecule has 9 nitrogen and oxygen atoms in total. The molecular formula is C26H31N3O6. The van der Waals surface area contributed by atoms with Crippen molar-refractivity contribution in [2.24, 2.45) is 5.41 Å². The molecule has 0 radical (unpaired) electrons. The van der Waals surface area contributed by atoms with Gasteiger partial charge in [-0.05, 0) is 51.6 Å². The van der Waals surface area contributed by atoms with Crippen molar-refractivity contribution in [2.45, 2.75) is 45.4 Å². The summed E-state index contributed by atoms with van der Waals surface area (Å²) in [6, 6.07) is 8.91. The summed E-state index contributed by atoms with van der Waals surface area (Å²) in [5, 5.41) is 14.0. The number of pyridine rings is 1. The van der Waals surface area contributed by atoms with E-state index < -0.39 is 29.3 Å². The third-order valence-corrected chi connectivity index (χ3v) is 7.12. The second kappa shape index (κ2) is 10.1. The van der Waals surface area contributed by atoms with Gasteiger partial charge in [-0.3, -0.25) is 9.78 Å². The third kappa shape index (κ3) is 4.49. The Kier molecular flexibility index (Phi) is 7.09. The molecule has 186 valence electrons. The van der Waals surface area contributed by atoms with Crippen molar-refractivity contribution in [1.29, 1.82) is 0 Å². The molecule has 1 aromatic carbocycles. The molecule has 2 N–H and O–H groups in total. The van der Waals surface area contributed by atoms with E-state index in [-0.39, 0.29) is 18.6 Å². The zero-order valence-corrected chi connectivity index (χ0v) is 20.4. The quantitative estimate of drug-likeness (QED) is 0.434. The van der Waals surface area contributed by atoms with Crippen LogP contribution in [0.3, 0.4) is 0 Å². The van der Waals surface area contributed by atoms with Gasteiger partial charge in [0.25, 0.3) is 0 Å². The van der Waals surface area contributed by atoms with Crippen molar-refractivity contribution in [2.75, 3.05) is 20.7 Å². The van der Waals surface area contributed by atoms with Crippen LogP contribution in [0.4, 0.5) is 0 Å². The molecule has 0 aliphatic carbocycles. The summed E-state index contributed by atoms with van der Waals surface area (Å²) < 4.78 is 5.13. The van der Waals surface area contributed by atoms with Gasteiger partial charge in [0.15, 0.2) is 5.75 Å². The number of rotatable bonds is 8. The number of carbonyl (C=O) groups excluding carboxylic acids is 1. The number of hydrogen-bond donors (Lipinski definition) is 2. The van der Waals surface area contributed by atoms with Crippen LogP contribution in [0, 0.1) is 5.41 Å². The fourth-order valence-electron chi connectivity index (χ4n) is 5.30. The first-order valence-electron chi connectivity index (χ1n) is 11.6. The van der Waals surface area contributed by atoms with Gasteiger partial charge < -0.3 is 24.9 Å². The Labute approximate surface area is 204 Å². The number of benzene rings is 1. The van der Waals surface area contributed by atoms with Crippen LogP contribution in [0.25, 0.3) is 0 Å². The summed E-state index contributed by atoms with van der Waals surface area (Å²) in [4.78, 5) is 43.1. The normalized spacial score (nSPS) is 23.5. The lowest BCUT2D eigenvalue weighted by atomic mass is 9.60. The van der Waals surface area contributed by atoms with E-state index in [1.807, 2.05) is 44.3 Å². The predicted molar refractivity (Wildman–Crippen MR) is 127 cm³/mol. The number of carboxylic acid groups (broad SMARTS) is 1. The standard InChI is InChI=1S/C26H31N3O6/c1-16-21(24(30)33-4)22(20-7-5-6-19-15-34-35-23(19)20)26(25(31)32,17(2)28-16)10-13-29(3)14-18-8-11-27-12-9-18/h5-9,11-12,17,22,28H,10,13-15H2,1-4H3,(H,31,32). The van der Waals surface area contributed by atoms with Gasteiger partial charge in [0.05, 0.1) is 12.7 Å². The summed E-state index contributed by atoms with van der Waals surface area (Å²) in [7, 11) is 3.25. The maximum Gasteiger partial charge on any atom is 0.336 e. The number of para-hydroxylation sites is 1. The highest BCUT2D eigenvalue weighted by molar-refractivity contribution is 5.94. The molecule has 3 unspecified atom stereocenters. The Morgan fingerprint density at radius 2 is 2.03 bits per heavy atom. The Balaban J connectivity index is 1.79. The lowest BCUT2D eigenvalue weighted by Crippen LogP contribution is -2.57. The number of esters is 1. The van der Waals surface area contributed by atoms with Gasteiger partial charge in [0.2, 0.25) is 0 Å². The molecule has 0 spiro atoms. The zero-order valence-electron chi connectivity index (χ0n) is 20.4. The van der Waals surface area contributed by atoms with Gasteiger partial charge in [-0.25, -0.2) is 4.79 Å². The number of hydrogen-bond acceptors (Lipinski definition) is 8. The number of carboxylic acids is 1. The first kappa shape index (κ1) is 24.7. The largest absolute Gasteiger partial charge is 0.481 e. The van der Waals surface area contributed by atoms with Crippen LogP contribution in [0.2, 0.25) is 0 Å². The van der Waals surface area contributed by atoms with Gasteiger partial charge in [-0.2, -0.15) is 4.89 Å². The molecule has 3 atom stereocenters.